The van der Waals surface area contributed by atoms with Crippen molar-refractivity contribution in [2.75, 3.05) is 12.3 Å². The van der Waals surface area contributed by atoms with E-state index >= 15 is 0 Å². The summed E-state index contributed by atoms with van der Waals surface area (Å²) in [5.41, 5.74) is 11.3. The highest BCUT2D eigenvalue weighted by atomic mass is 16.5. The van der Waals surface area contributed by atoms with Gasteiger partial charge in [0.05, 0.1) is 36.7 Å². The summed E-state index contributed by atoms with van der Waals surface area (Å²) >= 11 is 0. The number of aromatic nitrogens is 3. The van der Waals surface area contributed by atoms with Gasteiger partial charge in [0, 0.05) is 23.7 Å². The van der Waals surface area contributed by atoms with E-state index in [1.54, 1.807) is 6.20 Å². The van der Waals surface area contributed by atoms with Crippen molar-refractivity contribution in [2.24, 2.45) is 0 Å². The second-order valence-electron chi connectivity index (χ2n) is 8.51. The number of nitrogens with zero attached hydrogens (tertiary/aromatic N) is 4. The van der Waals surface area contributed by atoms with Gasteiger partial charge in [-0.1, -0.05) is 13.0 Å². The lowest BCUT2D eigenvalue weighted by Gasteiger charge is -2.22. The molecule has 1 atom stereocenters. The molecule has 1 aliphatic heterocycles. The van der Waals surface area contributed by atoms with Crippen molar-refractivity contribution >= 4 is 22.6 Å². The van der Waals surface area contributed by atoms with Gasteiger partial charge in [0.25, 0.3) is 5.91 Å². The van der Waals surface area contributed by atoms with Crippen molar-refractivity contribution in [3.63, 3.8) is 0 Å². The van der Waals surface area contributed by atoms with Crippen LogP contribution in [0.4, 0.5) is 5.82 Å². The summed E-state index contributed by atoms with van der Waals surface area (Å²) in [5, 5.41) is 0.884. The van der Waals surface area contributed by atoms with E-state index in [0.29, 0.717) is 42.6 Å². The van der Waals surface area contributed by atoms with Crippen LogP contribution in [0.1, 0.15) is 78.0 Å². The van der Waals surface area contributed by atoms with Crippen molar-refractivity contribution in [3.8, 4) is 0 Å². The van der Waals surface area contributed by atoms with E-state index in [1.165, 1.54) is 18.4 Å². The third kappa shape index (κ3) is 3.74. The highest BCUT2D eigenvalue weighted by Crippen LogP contribution is 2.40. The summed E-state index contributed by atoms with van der Waals surface area (Å²) < 4.78 is 5.76. The SMILES string of the molecule is CCCN(Cc1ccc(C2CC2)cn1)C(=O)c1cc2c3c(c(N)nc2cn1)[C@@H](C)OC3. The minimum absolute atomic E-state index is 0.0968. The van der Waals surface area contributed by atoms with Gasteiger partial charge in [-0.3, -0.25) is 9.78 Å². The summed E-state index contributed by atoms with van der Waals surface area (Å²) in [6.07, 6.45) is 6.86. The van der Waals surface area contributed by atoms with Crippen molar-refractivity contribution in [1.29, 1.82) is 0 Å². The molecule has 3 aromatic rings. The molecule has 5 rings (SSSR count). The first-order chi connectivity index (χ1) is 15.0. The van der Waals surface area contributed by atoms with Crippen molar-refractivity contribution < 1.29 is 9.53 Å². The first kappa shape index (κ1) is 19.9. The Morgan fingerprint density at radius 3 is 2.81 bits per heavy atom. The molecule has 0 bridgehead atoms. The molecular formula is C24H27N5O2. The fourth-order valence-electron chi connectivity index (χ4n) is 4.35. The maximum absolute atomic E-state index is 13.4. The van der Waals surface area contributed by atoms with Crippen molar-refractivity contribution in [1.82, 2.24) is 19.9 Å². The zero-order valence-corrected chi connectivity index (χ0v) is 18.0. The van der Waals surface area contributed by atoms with Gasteiger partial charge in [0.15, 0.2) is 0 Å². The van der Waals surface area contributed by atoms with Crippen LogP contribution in [0.5, 0.6) is 0 Å². The summed E-state index contributed by atoms with van der Waals surface area (Å²) in [4.78, 5) is 28.7. The molecule has 1 amide bonds. The predicted molar refractivity (Wildman–Crippen MR) is 118 cm³/mol. The standard InChI is InChI=1S/C24H27N5O2/c1-3-8-29(12-17-7-6-16(10-26-17)15-4-5-15)24(30)20-9-18-19-13-31-14(2)22(19)23(25)28-21(18)11-27-20/h6-7,9-11,14-15H,3-5,8,12-13H2,1-2H3,(H2,25,28)/t14-/m1/s1. The number of ether oxygens (including phenoxy) is 1. The Bertz CT molecular complexity index is 1140. The van der Waals surface area contributed by atoms with Gasteiger partial charge in [-0.15, -0.1) is 0 Å². The minimum Gasteiger partial charge on any atom is -0.383 e. The zero-order valence-electron chi connectivity index (χ0n) is 18.0. The van der Waals surface area contributed by atoms with Crippen LogP contribution in [0.25, 0.3) is 10.9 Å². The molecule has 0 radical (unpaired) electrons. The number of carbonyl (C=O) groups is 1. The maximum Gasteiger partial charge on any atom is 0.272 e. The number of carbonyl (C=O) groups excluding carboxylic acids is 1. The van der Waals surface area contributed by atoms with Crippen LogP contribution in [0, 0.1) is 0 Å². The van der Waals surface area contributed by atoms with Gasteiger partial charge >= 0.3 is 0 Å². The second kappa shape index (κ2) is 7.89. The van der Waals surface area contributed by atoms with Gasteiger partial charge in [-0.25, -0.2) is 9.97 Å². The van der Waals surface area contributed by atoms with E-state index < -0.39 is 0 Å². The molecule has 0 unspecified atom stereocenters. The van der Waals surface area contributed by atoms with E-state index in [4.69, 9.17) is 10.5 Å². The van der Waals surface area contributed by atoms with Gasteiger partial charge < -0.3 is 15.4 Å². The monoisotopic (exact) mass is 417 g/mol. The number of fused-ring (bicyclic) bond motifs is 3. The summed E-state index contributed by atoms with van der Waals surface area (Å²) in [6.45, 7) is 5.61. The Labute approximate surface area is 181 Å². The molecule has 0 saturated heterocycles. The van der Waals surface area contributed by atoms with Crippen LogP contribution in [0.3, 0.4) is 0 Å². The Morgan fingerprint density at radius 2 is 2.10 bits per heavy atom. The molecule has 31 heavy (non-hydrogen) atoms. The molecule has 160 valence electrons. The first-order valence-electron chi connectivity index (χ1n) is 11.0. The highest BCUT2D eigenvalue weighted by Gasteiger charge is 2.27. The lowest BCUT2D eigenvalue weighted by atomic mass is 10.0. The van der Waals surface area contributed by atoms with E-state index in [0.717, 1.165) is 28.6 Å². The average molecular weight is 418 g/mol. The highest BCUT2D eigenvalue weighted by molar-refractivity contribution is 5.97. The molecule has 1 saturated carbocycles. The zero-order chi connectivity index (χ0) is 21.5. The lowest BCUT2D eigenvalue weighted by molar-refractivity contribution is 0.0735. The van der Waals surface area contributed by atoms with Crippen LogP contribution in [-0.2, 0) is 17.9 Å². The summed E-state index contributed by atoms with van der Waals surface area (Å²) in [6, 6.07) is 6.01. The van der Waals surface area contributed by atoms with Crippen LogP contribution in [0.15, 0.2) is 30.6 Å². The molecular weight excluding hydrogens is 390 g/mol. The molecule has 0 aromatic carbocycles. The smallest absolute Gasteiger partial charge is 0.272 e. The second-order valence-corrected chi connectivity index (χ2v) is 8.51. The van der Waals surface area contributed by atoms with E-state index in [2.05, 4.69) is 27.9 Å². The van der Waals surface area contributed by atoms with Gasteiger partial charge in [0.1, 0.15) is 11.5 Å². The molecule has 2 N–H and O–H groups in total. The largest absolute Gasteiger partial charge is 0.383 e. The van der Waals surface area contributed by atoms with Crippen LogP contribution in [0.2, 0.25) is 0 Å². The molecule has 3 aromatic heterocycles. The van der Waals surface area contributed by atoms with E-state index in [1.807, 2.05) is 30.2 Å². The third-order valence-corrected chi connectivity index (χ3v) is 6.18. The average Bonchev–Trinajstić information content (AvgIpc) is 3.55. The molecule has 1 fully saturated rings. The number of amides is 1. The molecule has 0 spiro atoms. The van der Waals surface area contributed by atoms with Gasteiger partial charge in [0.2, 0.25) is 0 Å². The topological polar surface area (TPSA) is 94.2 Å². The normalized spacial score (nSPS) is 17.7. The molecule has 7 heteroatoms. The number of hydrogen-bond acceptors (Lipinski definition) is 6. The van der Waals surface area contributed by atoms with Crippen LogP contribution >= 0.6 is 0 Å². The Morgan fingerprint density at radius 1 is 1.26 bits per heavy atom. The Balaban J connectivity index is 1.44. The lowest BCUT2D eigenvalue weighted by Crippen LogP contribution is -2.32. The minimum atomic E-state index is -0.102. The third-order valence-electron chi connectivity index (χ3n) is 6.18. The fourth-order valence-corrected chi connectivity index (χ4v) is 4.35. The predicted octanol–water partition coefficient (Wildman–Crippen LogP) is 4.13. The summed E-state index contributed by atoms with van der Waals surface area (Å²) in [5.74, 6) is 1.05. The number of hydrogen-bond donors (Lipinski definition) is 1. The van der Waals surface area contributed by atoms with Gasteiger partial charge in [-0.05, 0) is 55.4 Å². The quantitative estimate of drug-likeness (QED) is 0.648. The molecule has 1 aliphatic carbocycles. The number of anilines is 1. The summed E-state index contributed by atoms with van der Waals surface area (Å²) in [7, 11) is 0. The van der Waals surface area contributed by atoms with Crippen molar-refractivity contribution in [3.05, 3.63) is 58.7 Å². The molecule has 4 heterocycles. The maximum atomic E-state index is 13.4. The number of nitrogen functional groups attached to an aromatic ring is 1. The van der Waals surface area contributed by atoms with E-state index in [-0.39, 0.29) is 12.0 Å². The fraction of sp³-hybridized carbons (Fsp3) is 0.417. The number of nitrogens with two attached hydrogens (primary N) is 1. The molecule has 7 nitrogen and oxygen atoms in total. The van der Waals surface area contributed by atoms with Crippen molar-refractivity contribution in [2.45, 2.75) is 58.3 Å². The first-order valence-corrected chi connectivity index (χ1v) is 11.0. The molecule has 2 aliphatic rings. The number of pyridine rings is 3. The van der Waals surface area contributed by atoms with Gasteiger partial charge in [-0.2, -0.15) is 0 Å². The van der Waals surface area contributed by atoms with E-state index in [9.17, 15) is 4.79 Å². The van der Waals surface area contributed by atoms with Crippen LogP contribution < -0.4 is 5.73 Å². The Hall–Kier alpha value is -3.06. The Kier molecular flexibility index (Phi) is 5.06. The van der Waals surface area contributed by atoms with Crippen LogP contribution in [-0.4, -0.2) is 32.3 Å². The number of rotatable bonds is 6.